The first-order valence-electron chi connectivity index (χ1n) is 14.6. The second-order valence-corrected chi connectivity index (χ2v) is 14.6. The van der Waals surface area contributed by atoms with Crippen LogP contribution in [0.3, 0.4) is 0 Å². The van der Waals surface area contributed by atoms with Gasteiger partial charge in [-0.25, -0.2) is 13.2 Å². The first-order valence-corrected chi connectivity index (χ1v) is 17.2. The Morgan fingerprint density at radius 2 is 1.48 bits per heavy atom. The molecule has 2 saturated heterocycles. The minimum atomic E-state index is -4.38. The van der Waals surface area contributed by atoms with E-state index in [0.29, 0.717) is 10.6 Å². The van der Waals surface area contributed by atoms with Crippen molar-refractivity contribution in [2.24, 2.45) is 0 Å². The van der Waals surface area contributed by atoms with Crippen LogP contribution in [0.4, 0.5) is 4.79 Å². The van der Waals surface area contributed by atoms with Gasteiger partial charge in [0.25, 0.3) is 0 Å². The predicted molar refractivity (Wildman–Crippen MR) is 169 cm³/mol. The van der Waals surface area contributed by atoms with E-state index in [0.717, 1.165) is 4.31 Å². The molecular formula is C30H37Cl3N4O6S. The zero-order valence-electron chi connectivity index (χ0n) is 24.6. The maximum absolute atomic E-state index is 13.9. The number of carbonyl (C=O) groups excluding carboxylic acids is 2. The number of sulfonamides is 1. The van der Waals surface area contributed by atoms with Crippen molar-refractivity contribution in [3.8, 4) is 0 Å². The highest BCUT2D eigenvalue weighted by Gasteiger charge is 2.54. The molecule has 5 rings (SSSR count). The zero-order chi connectivity index (χ0) is 32.2. The number of hydrogen-bond donors (Lipinski definition) is 2. The number of nitrogens with zero attached hydrogens (tertiary/aromatic N) is 3. The Bertz CT molecular complexity index is 1460. The fourth-order valence-corrected chi connectivity index (χ4v) is 8.30. The van der Waals surface area contributed by atoms with Crippen LogP contribution >= 0.6 is 34.8 Å². The minimum Gasteiger partial charge on any atom is -0.465 e. The Hall–Kier alpha value is -2.57. The maximum Gasteiger partial charge on any atom is 0.405 e. The molecule has 3 atom stereocenters. The Kier molecular flexibility index (Phi) is 11.4. The summed E-state index contributed by atoms with van der Waals surface area (Å²) in [6.07, 6.45) is 6.45. The van der Waals surface area contributed by atoms with Gasteiger partial charge in [-0.05, 0) is 49.7 Å². The molecular weight excluding hydrogens is 651 g/mol. The summed E-state index contributed by atoms with van der Waals surface area (Å²) in [6.45, 7) is 2.99. The summed E-state index contributed by atoms with van der Waals surface area (Å²) >= 11 is 18.2. The number of nitrogens with one attached hydrogen (secondary N) is 1. The van der Waals surface area contributed by atoms with Crippen LogP contribution in [-0.2, 0) is 26.0 Å². The van der Waals surface area contributed by atoms with Crippen LogP contribution < -0.4 is 5.32 Å². The highest BCUT2D eigenvalue weighted by Crippen LogP contribution is 2.35. The van der Waals surface area contributed by atoms with Crippen LogP contribution in [0.15, 0.2) is 47.4 Å². The van der Waals surface area contributed by atoms with Crippen LogP contribution in [0.2, 0.25) is 15.1 Å². The number of hydrogen-bond acceptors (Lipinski definition) is 5. The Labute approximate surface area is 273 Å². The molecule has 240 valence electrons. The summed E-state index contributed by atoms with van der Waals surface area (Å²) in [6, 6.07) is 7.77. The number of carbonyl (C=O) groups is 3. The minimum absolute atomic E-state index is 0.0663. The summed E-state index contributed by atoms with van der Waals surface area (Å²) in [5.74, 6) is -1.07. The van der Waals surface area contributed by atoms with Crippen molar-refractivity contribution in [1.82, 2.24) is 19.4 Å². The Morgan fingerprint density at radius 1 is 0.909 bits per heavy atom. The third kappa shape index (κ3) is 7.80. The molecule has 3 aliphatic rings. The number of benzene rings is 2. The average Bonchev–Trinajstić information content (AvgIpc) is 2.97. The van der Waals surface area contributed by atoms with E-state index in [1.165, 1.54) is 66.5 Å². The van der Waals surface area contributed by atoms with E-state index in [-0.39, 0.29) is 39.9 Å². The van der Waals surface area contributed by atoms with Gasteiger partial charge in [0.15, 0.2) is 0 Å². The molecule has 44 heavy (non-hydrogen) atoms. The first kappa shape index (κ1) is 34.3. The lowest BCUT2D eigenvalue weighted by Crippen LogP contribution is -2.76. The van der Waals surface area contributed by atoms with Crippen molar-refractivity contribution < 1.29 is 27.9 Å². The van der Waals surface area contributed by atoms with Crippen LogP contribution in [0.5, 0.6) is 0 Å². The van der Waals surface area contributed by atoms with Crippen molar-refractivity contribution in [3.63, 3.8) is 0 Å². The Morgan fingerprint density at radius 3 is 2.00 bits per heavy atom. The summed E-state index contributed by atoms with van der Waals surface area (Å²) in [7, 11) is -4.38. The number of amides is 3. The molecule has 0 spiro atoms. The van der Waals surface area contributed by atoms with E-state index >= 15 is 0 Å². The van der Waals surface area contributed by atoms with Crippen LogP contribution in [-0.4, -0.2) is 82.9 Å². The number of carboxylic acid groups (broad SMARTS) is 1. The van der Waals surface area contributed by atoms with Gasteiger partial charge in [-0.1, -0.05) is 85.5 Å². The summed E-state index contributed by atoms with van der Waals surface area (Å²) in [4.78, 5) is 41.3. The molecule has 0 radical (unpaired) electrons. The molecule has 1 saturated carbocycles. The quantitative estimate of drug-likeness (QED) is 0.405. The molecule has 0 aromatic heterocycles. The molecule has 3 amide bonds. The van der Waals surface area contributed by atoms with Crippen molar-refractivity contribution >= 4 is 62.7 Å². The van der Waals surface area contributed by atoms with Crippen molar-refractivity contribution in [2.45, 2.75) is 88.0 Å². The van der Waals surface area contributed by atoms with E-state index in [1.807, 2.05) is 0 Å². The normalized spacial score (nSPS) is 22.7. The van der Waals surface area contributed by atoms with Crippen LogP contribution in [0.1, 0.15) is 57.9 Å². The summed E-state index contributed by atoms with van der Waals surface area (Å²) in [5.41, 5.74) is 0.688. The molecule has 3 fully saturated rings. The van der Waals surface area contributed by atoms with Gasteiger partial charge in [0, 0.05) is 29.1 Å². The van der Waals surface area contributed by atoms with Gasteiger partial charge in [-0.2, -0.15) is 4.31 Å². The third-order valence-electron chi connectivity index (χ3n) is 8.08. The molecule has 2 heterocycles. The number of halogens is 3. The topological polar surface area (TPSA) is 127 Å². The molecule has 14 heteroatoms. The lowest BCUT2D eigenvalue weighted by Gasteiger charge is -2.54. The first-order chi connectivity index (χ1) is 20.8. The molecule has 3 unspecified atom stereocenters. The lowest BCUT2D eigenvalue weighted by molar-refractivity contribution is -0.168. The smallest absolute Gasteiger partial charge is 0.405 e. The van der Waals surface area contributed by atoms with Gasteiger partial charge in [0.05, 0.1) is 11.6 Å². The van der Waals surface area contributed by atoms with E-state index in [9.17, 15) is 27.9 Å². The Balaban J connectivity index is 0.000000657. The van der Waals surface area contributed by atoms with Gasteiger partial charge in [0.2, 0.25) is 21.8 Å². The van der Waals surface area contributed by atoms with Gasteiger partial charge >= 0.3 is 6.09 Å². The van der Waals surface area contributed by atoms with Crippen molar-refractivity contribution in [3.05, 3.63) is 63.1 Å². The average molecular weight is 688 g/mol. The highest BCUT2D eigenvalue weighted by molar-refractivity contribution is 7.89. The predicted octanol–water partition coefficient (Wildman–Crippen LogP) is 5.64. The fourth-order valence-electron chi connectivity index (χ4n) is 5.84. The summed E-state index contributed by atoms with van der Waals surface area (Å²) in [5, 5.41) is 12.1. The second-order valence-electron chi connectivity index (χ2n) is 11.4. The van der Waals surface area contributed by atoms with Gasteiger partial charge < -0.3 is 20.2 Å². The van der Waals surface area contributed by atoms with Crippen LogP contribution in [0.25, 0.3) is 0 Å². The molecule has 0 bridgehead atoms. The number of rotatable bonds is 6. The summed E-state index contributed by atoms with van der Waals surface area (Å²) < 4.78 is 28.9. The SMILES string of the molecule is C1CCCCC1.CC(C)N1CC2N(C(=O)C(NC(=O)O)CN2S(=O)(=O)c2ccc(Cl)cc2Cl)C(Cc2ccc(Cl)cc2)C1=O. The fraction of sp³-hybridized carbons (Fsp3) is 0.500. The van der Waals surface area contributed by atoms with Crippen molar-refractivity contribution in [1.29, 1.82) is 0 Å². The van der Waals surface area contributed by atoms with E-state index < -0.39 is 46.8 Å². The third-order valence-corrected chi connectivity index (χ3v) is 10.9. The molecule has 2 N–H and O–H groups in total. The highest BCUT2D eigenvalue weighted by atomic mass is 35.5. The molecule has 2 aromatic carbocycles. The van der Waals surface area contributed by atoms with Gasteiger partial charge in [-0.15, -0.1) is 0 Å². The largest absolute Gasteiger partial charge is 0.465 e. The second kappa shape index (κ2) is 14.7. The van der Waals surface area contributed by atoms with Gasteiger partial charge in [0.1, 0.15) is 23.1 Å². The van der Waals surface area contributed by atoms with E-state index in [4.69, 9.17) is 34.8 Å². The van der Waals surface area contributed by atoms with E-state index in [2.05, 4.69) is 5.32 Å². The van der Waals surface area contributed by atoms with E-state index in [1.54, 1.807) is 38.1 Å². The maximum atomic E-state index is 13.9. The zero-order valence-corrected chi connectivity index (χ0v) is 27.7. The standard InChI is InChI=1S/C24H25Cl3N4O6S.C6H12/c1-13(2)29-12-21-30(38(36,37)20-8-7-16(26)10-17(20)27)11-18(28-24(34)35)22(32)31(21)19(23(29)33)9-14-3-5-15(25)6-4-14;1-2-4-6-5-3-1/h3-8,10,13,18-19,21,28H,9,11-12H2,1-2H3,(H,34,35);1-6H2. The van der Waals surface area contributed by atoms with Crippen molar-refractivity contribution in [2.75, 3.05) is 13.1 Å². The molecule has 2 aliphatic heterocycles. The molecule has 10 nitrogen and oxygen atoms in total. The molecule has 1 aliphatic carbocycles. The van der Waals surface area contributed by atoms with Crippen LogP contribution in [0, 0.1) is 0 Å². The van der Waals surface area contributed by atoms with Gasteiger partial charge in [-0.3, -0.25) is 9.59 Å². The lowest BCUT2D eigenvalue weighted by atomic mass is 9.96. The monoisotopic (exact) mass is 686 g/mol. The molecule has 2 aromatic rings. The number of fused-ring (bicyclic) bond motifs is 1. The number of piperazine rings is 1.